The van der Waals surface area contributed by atoms with Gasteiger partial charge in [0.1, 0.15) is 5.70 Å². The number of nitrogens with zero attached hydrogens (tertiary/aromatic N) is 2. The Morgan fingerprint density at radius 3 is 2.25 bits per heavy atom. The molecule has 3 aromatic carbocycles. The smallest absolute Gasteiger partial charge is 0.272 e. The van der Waals surface area contributed by atoms with Crippen LogP contribution in [0.4, 0.5) is 16.5 Å². The number of hydrogen-bond donors (Lipinski definition) is 3. The number of carbonyl (C=O) groups excluding carboxylic acids is 3. The molecule has 0 aliphatic carbocycles. The fraction of sp³-hybridized carbons (Fsp3) is 0.133. The summed E-state index contributed by atoms with van der Waals surface area (Å²) in [4.78, 5) is 45.5. The zero-order valence-corrected chi connectivity index (χ0v) is 23.9. The van der Waals surface area contributed by atoms with Gasteiger partial charge in [0.2, 0.25) is 5.91 Å². The van der Waals surface area contributed by atoms with Gasteiger partial charge >= 0.3 is 0 Å². The quantitative estimate of drug-likeness (QED) is 0.166. The number of aromatic nitrogens is 1. The molecular weight excluding hydrogens is 542 g/mol. The Labute approximate surface area is 241 Å². The Bertz CT molecular complexity index is 1470. The van der Waals surface area contributed by atoms with Gasteiger partial charge in [0.25, 0.3) is 11.8 Å². The van der Waals surface area contributed by atoms with E-state index in [1.807, 2.05) is 68.4 Å². The van der Waals surface area contributed by atoms with Crippen molar-refractivity contribution in [2.24, 2.45) is 0 Å². The maximum Gasteiger partial charge on any atom is 0.272 e. The fourth-order valence-electron chi connectivity index (χ4n) is 3.54. The van der Waals surface area contributed by atoms with E-state index in [0.717, 1.165) is 16.1 Å². The highest BCUT2D eigenvalue weighted by Gasteiger charge is 2.17. The first-order valence-electron chi connectivity index (χ1n) is 12.4. The summed E-state index contributed by atoms with van der Waals surface area (Å²) in [5.74, 6) is -0.985. The van der Waals surface area contributed by atoms with Crippen LogP contribution >= 0.6 is 23.1 Å². The summed E-state index contributed by atoms with van der Waals surface area (Å²) in [6.45, 7) is 1.82. The highest BCUT2D eigenvalue weighted by molar-refractivity contribution is 8.00. The van der Waals surface area contributed by atoms with Crippen molar-refractivity contribution in [1.29, 1.82) is 0 Å². The molecule has 204 valence electrons. The molecule has 0 spiro atoms. The Morgan fingerprint density at radius 1 is 0.925 bits per heavy atom. The highest BCUT2D eigenvalue weighted by Crippen LogP contribution is 2.26. The van der Waals surface area contributed by atoms with E-state index < -0.39 is 5.91 Å². The van der Waals surface area contributed by atoms with Gasteiger partial charge in [0.15, 0.2) is 5.13 Å². The van der Waals surface area contributed by atoms with Gasteiger partial charge in [-0.05, 0) is 67.1 Å². The lowest BCUT2D eigenvalue weighted by Crippen LogP contribution is -2.30. The predicted octanol–water partition coefficient (Wildman–Crippen LogP) is 5.74. The lowest BCUT2D eigenvalue weighted by atomic mass is 10.1. The van der Waals surface area contributed by atoms with Gasteiger partial charge in [-0.25, -0.2) is 4.98 Å². The minimum atomic E-state index is -0.461. The van der Waals surface area contributed by atoms with Gasteiger partial charge < -0.3 is 20.9 Å². The van der Waals surface area contributed by atoms with Crippen molar-refractivity contribution in [2.75, 3.05) is 29.6 Å². The molecule has 0 aliphatic rings. The molecule has 1 heterocycles. The molecule has 8 nitrogen and oxygen atoms in total. The van der Waals surface area contributed by atoms with Crippen molar-refractivity contribution in [2.45, 2.75) is 17.1 Å². The first-order chi connectivity index (χ1) is 19.3. The average molecular weight is 572 g/mol. The van der Waals surface area contributed by atoms with E-state index in [4.69, 9.17) is 0 Å². The van der Waals surface area contributed by atoms with E-state index in [2.05, 4.69) is 20.9 Å². The molecule has 3 N–H and O–H groups in total. The molecule has 0 saturated carbocycles. The first kappa shape index (κ1) is 28.6. The number of amides is 3. The number of anilines is 3. The highest BCUT2D eigenvalue weighted by atomic mass is 32.2. The van der Waals surface area contributed by atoms with E-state index in [1.165, 1.54) is 23.1 Å². The third-order valence-corrected chi connectivity index (χ3v) is 7.51. The lowest BCUT2D eigenvalue weighted by molar-refractivity contribution is -0.115. The zero-order chi connectivity index (χ0) is 28.5. The number of thioether (sulfide) groups is 1. The third kappa shape index (κ3) is 8.05. The Morgan fingerprint density at radius 2 is 1.62 bits per heavy atom. The summed E-state index contributed by atoms with van der Waals surface area (Å²) in [6.07, 6.45) is 3.28. The largest absolute Gasteiger partial charge is 0.378 e. The molecule has 10 heteroatoms. The van der Waals surface area contributed by atoms with Crippen molar-refractivity contribution < 1.29 is 14.4 Å². The molecule has 1 aromatic heterocycles. The van der Waals surface area contributed by atoms with Crippen LogP contribution in [-0.2, 0) is 9.59 Å². The summed E-state index contributed by atoms with van der Waals surface area (Å²) in [6, 6.07) is 23.6. The van der Waals surface area contributed by atoms with E-state index in [1.54, 1.807) is 54.1 Å². The number of nitrogens with one attached hydrogen (secondary N) is 3. The van der Waals surface area contributed by atoms with Crippen LogP contribution in [0.5, 0.6) is 0 Å². The van der Waals surface area contributed by atoms with Crippen LogP contribution in [-0.4, -0.2) is 42.1 Å². The van der Waals surface area contributed by atoms with Crippen LogP contribution in [0.2, 0.25) is 0 Å². The minimum Gasteiger partial charge on any atom is -0.378 e. The Balaban J connectivity index is 1.45. The summed E-state index contributed by atoms with van der Waals surface area (Å²) in [7, 11) is 3.90. The topological polar surface area (TPSA) is 103 Å². The van der Waals surface area contributed by atoms with E-state index in [9.17, 15) is 14.4 Å². The number of benzene rings is 3. The van der Waals surface area contributed by atoms with Gasteiger partial charge in [-0.2, -0.15) is 0 Å². The van der Waals surface area contributed by atoms with Crippen LogP contribution in [0, 0.1) is 0 Å². The van der Waals surface area contributed by atoms with Crippen LogP contribution in [0.25, 0.3) is 6.08 Å². The molecule has 0 bridgehead atoms. The fourth-order valence-corrected chi connectivity index (χ4v) is 4.94. The molecule has 4 rings (SSSR count). The van der Waals surface area contributed by atoms with Crippen molar-refractivity contribution >= 4 is 63.4 Å². The van der Waals surface area contributed by atoms with Crippen LogP contribution in [0.15, 0.2) is 101 Å². The van der Waals surface area contributed by atoms with E-state index in [0.29, 0.717) is 16.4 Å². The zero-order valence-electron chi connectivity index (χ0n) is 22.3. The summed E-state index contributed by atoms with van der Waals surface area (Å²) in [5.41, 5.74) is 2.89. The average Bonchev–Trinajstić information content (AvgIpc) is 3.47. The Hall–Kier alpha value is -4.41. The SMILES string of the molecule is CC(Sc1ccc(NC(=O)/C(=C/c2ccc(N(C)C)cc2)NC(=O)c2ccccc2)cc1)C(=O)Nc1nccs1. The second kappa shape index (κ2) is 13.6. The molecule has 0 radical (unpaired) electrons. The molecule has 4 aromatic rings. The molecular formula is C30H29N5O3S2. The van der Waals surface area contributed by atoms with Gasteiger partial charge in [-0.15, -0.1) is 23.1 Å². The number of rotatable bonds is 10. The van der Waals surface area contributed by atoms with Gasteiger partial charge in [-0.3, -0.25) is 14.4 Å². The maximum absolute atomic E-state index is 13.3. The molecule has 0 saturated heterocycles. The summed E-state index contributed by atoms with van der Waals surface area (Å²) in [5, 5.41) is 10.4. The van der Waals surface area contributed by atoms with Crippen molar-refractivity contribution in [1.82, 2.24) is 10.3 Å². The van der Waals surface area contributed by atoms with Crippen LogP contribution in [0.1, 0.15) is 22.8 Å². The maximum atomic E-state index is 13.3. The van der Waals surface area contributed by atoms with Gasteiger partial charge in [0, 0.05) is 47.5 Å². The minimum absolute atomic E-state index is 0.109. The number of hydrogen-bond acceptors (Lipinski definition) is 7. The lowest BCUT2D eigenvalue weighted by Gasteiger charge is -2.14. The summed E-state index contributed by atoms with van der Waals surface area (Å²) < 4.78 is 0. The van der Waals surface area contributed by atoms with Gasteiger partial charge in [0.05, 0.1) is 5.25 Å². The van der Waals surface area contributed by atoms with Crippen molar-refractivity contribution in [3.63, 3.8) is 0 Å². The molecule has 0 fully saturated rings. The molecule has 3 amide bonds. The normalized spacial score (nSPS) is 11.8. The monoisotopic (exact) mass is 571 g/mol. The second-order valence-corrected chi connectivity index (χ2v) is 11.2. The van der Waals surface area contributed by atoms with Gasteiger partial charge in [-0.1, -0.05) is 30.3 Å². The van der Waals surface area contributed by atoms with E-state index >= 15 is 0 Å². The molecule has 1 atom stereocenters. The third-order valence-electron chi connectivity index (χ3n) is 5.71. The molecule has 40 heavy (non-hydrogen) atoms. The number of carbonyl (C=O) groups is 3. The predicted molar refractivity (Wildman–Crippen MR) is 164 cm³/mol. The van der Waals surface area contributed by atoms with Crippen molar-refractivity contribution in [3.8, 4) is 0 Å². The molecule has 1 unspecified atom stereocenters. The van der Waals surface area contributed by atoms with Crippen molar-refractivity contribution in [3.05, 3.63) is 107 Å². The van der Waals surface area contributed by atoms with E-state index in [-0.39, 0.29) is 22.8 Å². The first-order valence-corrected chi connectivity index (χ1v) is 14.2. The second-order valence-electron chi connectivity index (χ2n) is 8.93. The standard InChI is InChI=1S/C30H29N5O3S2/c1-20(27(36)34-30-31-17-18-39-30)40-25-15-11-23(12-16-25)32-29(38)26(33-28(37)22-7-5-4-6-8-22)19-21-9-13-24(14-10-21)35(2)3/h4-20H,1-3H3,(H,32,38)(H,33,37)(H,31,34,36)/b26-19-. The molecule has 0 aliphatic heterocycles. The summed E-state index contributed by atoms with van der Waals surface area (Å²) >= 11 is 2.76. The Kier molecular flexibility index (Phi) is 9.71. The van der Waals surface area contributed by atoms with Crippen LogP contribution < -0.4 is 20.9 Å². The van der Waals surface area contributed by atoms with Crippen LogP contribution in [0.3, 0.4) is 0 Å². The number of thiazole rings is 1.